The van der Waals surface area contributed by atoms with Crippen molar-refractivity contribution in [1.29, 1.82) is 0 Å². The van der Waals surface area contributed by atoms with Crippen LogP contribution in [0.15, 0.2) is 24.8 Å². The second-order valence-electron chi connectivity index (χ2n) is 4.56. The van der Waals surface area contributed by atoms with E-state index in [0.717, 1.165) is 24.1 Å². The fourth-order valence-corrected chi connectivity index (χ4v) is 1.87. The maximum Gasteiger partial charge on any atom is 0.0485 e. The van der Waals surface area contributed by atoms with E-state index >= 15 is 0 Å². The minimum absolute atomic E-state index is 0.666. The van der Waals surface area contributed by atoms with Gasteiger partial charge < -0.3 is 5.43 Å². The number of hydrazine groups is 1. The first-order valence-electron chi connectivity index (χ1n) is 5.86. The molecule has 0 heterocycles. The lowest BCUT2D eigenvalue weighted by Crippen LogP contribution is -2.19. The van der Waals surface area contributed by atoms with Crippen molar-refractivity contribution in [3.05, 3.63) is 41.5 Å². The Kier molecular flexibility index (Phi) is 4.56. The highest BCUT2D eigenvalue weighted by Gasteiger charge is 2.06. The van der Waals surface area contributed by atoms with Gasteiger partial charge in [0.25, 0.3) is 0 Å². The summed E-state index contributed by atoms with van der Waals surface area (Å²) in [7, 11) is 0. The Morgan fingerprint density at radius 1 is 1.38 bits per heavy atom. The van der Waals surface area contributed by atoms with Crippen molar-refractivity contribution >= 4 is 5.70 Å². The molecule has 0 unspecified atom stereocenters. The van der Waals surface area contributed by atoms with Gasteiger partial charge in [-0.05, 0) is 41.5 Å². The van der Waals surface area contributed by atoms with Crippen molar-refractivity contribution in [2.45, 2.75) is 33.6 Å². The monoisotopic (exact) mass is 218 g/mol. The highest BCUT2D eigenvalue weighted by molar-refractivity contribution is 5.62. The predicted molar refractivity (Wildman–Crippen MR) is 70.7 cm³/mol. The van der Waals surface area contributed by atoms with Gasteiger partial charge in [-0.25, -0.2) is 0 Å². The van der Waals surface area contributed by atoms with Crippen LogP contribution in [0.4, 0.5) is 0 Å². The zero-order valence-corrected chi connectivity index (χ0v) is 10.5. The molecule has 0 amide bonds. The smallest absolute Gasteiger partial charge is 0.0485 e. The van der Waals surface area contributed by atoms with Crippen molar-refractivity contribution in [1.82, 2.24) is 5.43 Å². The molecule has 0 aliphatic heterocycles. The zero-order valence-electron chi connectivity index (χ0n) is 10.5. The van der Waals surface area contributed by atoms with E-state index in [1.165, 1.54) is 11.1 Å². The van der Waals surface area contributed by atoms with Gasteiger partial charge in [-0.2, -0.15) is 0 Å². The Hall–Kier alpha value is -1.28. The first-order chi connectivity index (χ1) is 7.58. The molecule has 0 fully saturated rings. The van der Waals surface area contributed by atoms with E-state index in [9.17, 15) is 0 Å². The summed E-state index contributed by atoms with van der Waals surface area (Å²) in [5.41, 5.74) is 7.28. The van der Waals surface area contributed by atoms with Crippen LogP contribution in [-0.2, 0) is 12.8 Å². The molecular weight excluding hydrogens is 196 g/mol. The number of hydrogen-bond acceptors (Lipinski definition) is 2. The molecule has 3 N–H and O–H groups in total. The summed E-state index contributed by atoms with van der Waals surface area (Å²) in [6.45, 7) is 10.5. The maximum atomic E-state index is 5.38. The molecule has 0 aliphatic rings. The topological polar surface area (TPSA) is 38.0 Å². The lowest BCUT2D eigenvalue weighted by Gasteiger charge is -2.13. The van der Waals surface area contributed by atoms with Gasteiger partial charge in [0.1, 0.15) is 0 Å². The van der Waals surface area contributed by atoms with Gasteiger partial charge in [0, 0.05) is 5.70 Å². The predicted octanol–water partition coefficient (Wildman–Crippen LogP) is 2.88. The molecule has 2 heteroatoms. The Balaban J connectivity index is 3.05. The van der Waals surface area contributed by atoms with Crippen LogP contribution < -0.4 is 11.3 Å². The molecule has 1 aromatic rings. The van der Waals surface area contributed by atoms with Crippen LogP contribution in [0.25, 0.3) is 5.70 Å². The SMILES string of the molecule is C=C(NN)c1ccc(CC)c(CC(C)C)c1. The maximum absolute atomic E-state index is 5.38. The highest BCUT2D eigenvalue weighted by Crippen LogP contribution is 2.19. The third kappa shape index (κ3) is 3.11. The summed E-state index contributed by atoms with van der Waals surface area (Å²) >= 11 is 0. The van der Waals surface area contributed by atoms with E-state index in [0.29, 0.717) is 5.92 Å². The Morgan fingerprint density at radius 3 is 2.56 bits per heavy atom. The molecule has 2 nitrogen and oxygen atoms in total. The number of aryl methyl sites for hydroxylation is 1. The molecule has 1 rings (SSSR count). The lowest BCUT2D eigenvalue weighted by atomic mass is 9.94. The first kappa shape index (κ1) is 12.8. The number of rotatable bonds is 5. The van der Waals surface area contributed by atoms with Gasteiger partial charge in [0.05, 0.1) is 0 Å². The fraction of sp³-hybridized carbons (Fsp3) is 0.429. The summed E-state index contributed by atoms with van der Waals surface area (Å²) in [5.74, 6) is 6.04. The normalized spacial score (nSPS) is 10.6. The molecule has 0 spiro atoms. The van der Waals surface area contributed by atoms with E-state index in [4.69, 9.17) is 5.84 Å². The van der Waals surface area contributed by atoms with E-state index < -0.39 is 0 Å². The van der Waals surface area contributed by atoms with Crippen molar-refractivity contribution in [3.63, 3.8) is 0 Å². The Labute approximate surface area is 98.5 Å². The van der Waals surface area contributed by atoms with Gasteiger partial charge in [0.2, 0.25) is 0 Å². The number of hydrogen-bond donors (Lipinski definition) is 2. The van der Waals surface area contributed by atoms with Crippen molar-refractivity contribution in [3.8, 4) is 0 Å². The largest absolute Gasteiger partial charge is 0.324 e. The molecule has 16 heavy (non-hydrogen) atoms. The molecule has 0 saturated carbocycles. The summed E-state index contributed by atoms with van der Waals surface area (Å²) in [5, 5.41) is 0. The molecular formula is C14H22N2. The van der Waals surface area contributed by atoms with Gasteiger partial charge in [-0.15, -0.1) is 0 Å². The number of nitrogens with one attached hydrogen (secondary N) is 1. The highest BCUT2D eigenvalue weighted by atomic mass is 15.2. The average Bonchev–Trinajstić information content (AvgIpc) is 2.27. The minimum atomic E-state index is 0.666. The standard InChI is InChI=1S/C14H22N2/c1-5-12-6-7-13(11(4)16-15)9-14(12)8-10(2)3/h6-7,9-10,16H,4-5,8,15H2,1-3H3. The first-order valence-corrected chi connectivity index (χ1v) is 5.86. The quantitative estimate of drug-likeness (QED) is 0.589. The molecule has 0 bridgehead atoms. The van der Waals surface area contributed by atoms with E-state index in [2.05, 4.69) is 51.0 Å². The van der Waals surface area contributed by atoms with E-state index in [1.807, 2.05) is 0 Å². The molecule has 1 aromatic carbocycles. The van der Waals surface area contributed by atoms with Crippen LogP contribution in [0.5, 0.6) is 0 Å². The van der Waals surface area contributed by atoms with Crippen LogP contribution in [0.2, 0.25) is 0 Å². The zero-order chi connectivity index (χ0) is 12.1. The summed E-state index contributed by atoms with van der Waals surface area (Å²) in [6, 6.07) is 6.45. The molecule has 0 radical (unpaired) electrons. The summed E-state index contributed by atoms with van der Waals surface area (Å²) < 4.78 is 0. The Bertz CT molecular complexity index is 367. The van der Waals surface area contributed by atoms with Gasteiger partial charge in [-0.1, -0.05) is 39.5 Å². The third-order valence-electron chi connectivity index (χ3n) is 2.74. The van der Waals surface area contributed by atoms with Gasteiger partial charge >= 0.3 is 0 Å². The third-order valence-corrected chi connectivity index (χ3v) is 2.74. The molecule has 0 aliphatic carbocycles. The summed E-state index contributed by atoms with van der Waals surface area (Å²) in [6.07, 6.45) is 2.18. The molecule has 0 saturated heterocycles. The van der Waals surface area contributed by atoms with E-state index in [-0.39, 0.29) is 0 Å². The van der Waals surface area contributed by atoms with Crippen LogP contribution in [-0.4, -0.2) is 0 Å². The second kappa shape index (κ2) is 5.71. The van der Waals surface area contributed by atoms with Crippen LogP contribution in [0.3, 0.4) is 0 Å². The van der Waals surface area contributed by atoms with Crippen molar-refractivity contribution < 1.29 is 0 Å². The van der Waals surface area contributed by atoms with E-state index in [1.54, 1.807) is 0 Å². The van der Waals surface area contributed by atoms with Gasteiger partial charge in [-0.3, -0.25) is 5.84 Å². The van der Waals surface area contributed by atoms with Crippen LogP contribution >= 0.6 is 0 Å². The number of benzene rings is 1. The van der Waals surface area contributed by atoms with Crippen LogP contribution in [0.1, 0.15) is 37.5 Å². The molecule has 0 aromatic heterocycles. The van der Waals surface area contributed by atoms with Crippen molar-refractivity contribution in [2.24, 2.45) is 11.8 Å². The fourth-order valence-electron chi connectivity index (χ4n) is 1.87. The number of nitrogens with two attached hydrogens (primary N) is 1. The van der Waals surface area contributed by atoms with Crippen molar-refractivity contribution in [2.75, 3.05) is 0 Å². The van der Waals surface area contributed by atoms with Crippen LogP contribution in [0, 0.1) is 5.92 Å². The Morgan fingerprint density at radius 2 is 2.06 bits per heavy atom. The minimum Gasteiger partial charge on any atom is -0.324 e. The molecule has 88 valence electrons. The average molecular weight is 218 g/mol. The van der Waals surface area contributed by atoms with Gasteiger partial charge in [0.15, 0.2) is 0 Å². The lowest BCUT2D eigenvalue weighted by molar-refractivity contribution is 0.643. The second-order valence-corrected chi connectivity index (χ2v) is 4.56. The molecule has 0 atom stereocenters. The summed E-state index contributed by atoms with van der Waals surface area (Å²) in [4.78, 5) is 0.